The van der Waals surface area contributed by atoms with E-state index in [1.54, 1.807) is 44.2 Å². The second kappa shape index (κ2) is 15.7. The van der Waals surface area contributed by atoms with Gasteiger partial charge in [-0.3, -0.25) is 24.0 Å². The minimum absolute atomic E-state index is 0.0144. The SMILES string of the molecule is C=C(C)C(=O)N[C@@H](CC(C)C)C(=O)N(C(C(=O)O)C(=O)O)N(CC(=O)O)C(=O)[C@H](Cc1ccccc1)NC(=O)CN. The maximum absolute atomic E-state index is 13.8. The Kier molecular flexibility index (Phi) is 13.1. The number of carbonyl (C=O) groups excluding carboxylic acids is 4. The van der Waals surface area contributed by atoms with E-state index in [2.05, 4.69) is 17.2 Å². The average molecular weight is 578 g/mol. The fourth-order valence-corrected chi connectivity index (χ4v) is 3.71. The van der Waals surface area contributed by atoms with Crippen molar-refractivity contribution in [3.05, 3.63) is 48.0 Å². The molecule has 0 heterocycles. The van der Waals surface area contributed by atoms with E-state index in [4.69, 9.17) is 5.73 Å². The van der Waals surface area contributed by atoms with Crippen molar-refractivity contribution < 1.29 is 48.9 Å². The van der Waals surface area contributed by atoms with Gasteiger partial charge in [-0.1, -0.05) is 50.8 Å². The molecule has 41 heavy (non-hydrogen) atoms. The summed E-state index contributed by atoms with van der Waals surface area (Å²) in [4.78, 5) is 88.3. The normalized spacial score (nSPS) is 12.1. The molecule has 0 saturated carbocycles. The Morgan fingerprint density at radius 2 is 1.46 bits per heavy atom. The van der Waals surface area contributed by atoms with E-state index in [1.165, 1.54) is 6.92 Å². The molecule has 7 N–H and O–H groups in total. The van der Waals surface area contributed by atoms with Gasteiger partial charge in [-0.25, -0.2) is 19.6 Å². The molecule has 0 aliphatic carbocycles. The number of aliphatic carboxylic acids is 3. The number of benzene rings is 1. The van der Waals surface area contributed by atoms with Crippen molar-refractivity contribution >= 4 is 41.5 Å². The average Bonchev–Trinajstić information content (AvgIpc) is 2.88. The van der Waals surface area contributed by atoms with Crippen molar-refractivity contribution in [2.75, 3.05) is 13.1 Å². The quantitative estimate of drug-likeness (QED) is 0.0837. The summed E-state index contributed by atoms with van der Waals surface area (Å²) in [5.74, 6) is -10.6. The standard InChI is InChI=1S/C26H35N5O10/c1-14(2)10-17(29-22(35)15(3)4)24(37)31(21(25(38)39)26(40)41)30(13-20(33)34)23(36)18(28-19(32)12-27)11-16-8-6-5-7-9-16/h5-9,14,17-18,21H,3,10-13,27H2,1-2,4H3,(H,28,32)(H,29,35)(H,33,34)(H,38,39)(H,40,41)/t17-,18-/m0/s1. The summed E-state index contributed by atoms with van der Waals surface area (Å²) in [5, 5.41) is 33.9. The summed E-state index contributed by atoms with van der Waals surface area (Å²) in [6.07, 6.45) is -0.400. The Bertz CT molecular complexity index is 1160. The second-order valence-electron chi connectivity index (χ2n) is 9.50. The molecule has 224 valence electrons. The third-order valence-corrected chi connectivity index (χ3v) is 5.54. The van der Waals surface area contributed by atoms with Gasteiger partial charge in [0.2, 0.25) is 17.9 Å². The summed E-state index contributed by atoms with van der Waals surface area (Å²) in [6.45, 7) is 6.17. The number of carboxylic acid groups (broad SMARTS) is 3. The molecule has 0 aromatic heterocycles. The van der Waals surface area contributed by atoms with Crippen molar-refractivity contribution in [3.8, 4) is 0 Å². The van der Waals surface area contributed by atoms with Gasteiger partial charge in [-0.2, -0.15) is 0 Å². The number of hydrazine groups is 1. The number of carbonyl (C=O) groups is 7. The second-order valence-corrected chi connectivity index (χ2v) is 9.50. The van der Waals surface area contributed by atoms with E-state index in [9.17, 15) is 48.9 Å². The minimum Gasteiger partial charge on any atom is -0.480 e. The first kappa shape index (κ1) is 34.2. The van der Waals surface area contributed by atoms with E-state index in [0.717, 1.165) is 0 Å². The lowest BCUT2D eigenvalue weighted by atomic mass is 10.0. The van der Waals surface area contributed by atoms with Crippen LogP contribution in [0.4, 0.5) is 0 Å². The molecular formula is C26H35N5O10. The van der Waals surface area contributed by atoms with Crippen LogP contribution in [0.3, 0.4) is 0 Å². The molecule has 1 aromatic rings. The van der Waals surface area contributed by atoms with Gasteiger partial charge < -0.3 is 31.7 Å². The molecule has 1 rings (SSSR count). The first-order chi connectivity index (χ1) is 19.1. The minimum atomic E-state index is -2.79. The van der Waals surface area contributed by atoms with Crippen LogP contribution < -0.4 is 16.4 Å². The van der Waals surface area contributed by atoms with Crippen LogP contribution in [0.1, 0.15) is 32.8 Å². The summed E-state index contributed by atoms with van der Waals surface area (Å²) in [7, 11) is 0. The number of rotatable bonds is 15. The molecule has 15 heteroatoms. The molecule has 15 nitrogen and oxygen atoms in total. The monoisotopic (exact) mass is 577 g/mol. The fourth-order valence-electron chi connectivity index (χ4n) is 3.71. The molecule has 0 unspecified atom stereocenters. The van der Waals surface area contributed by atoms with Crippen LogP contribution in [0.2, 0.25) is 0 Å². The smallest absolute Gasteiger partial charge is 0.340 e. The van der Waals surface area contributed by atoms with Gasteiger partial charge in [-0.05, 0) is 24.8 Å². The van der Waals surface area contributed by atoms with Gasteiger partial charge in [0.1, 0.15) is 18.6 Å². The maximum Gasteiger partial charge on any atom is 0.340 e. The topological polar surface area (TPSA) is 237 Å². The van der Waals surface area contributed by atoms with Crippen molar-refractivity contribution in [2.45, 2.75) is 51.7 Å². The predicted molar refractivity (Wildman–Crippen MR) is 143 cm³/mol. The highest BCUT2D eigenvalue weighted by Crippen LogP contribution is 2.17. The van der Waals surface area contributed by atoms with E-state index in [-0.39, 0.29) is 34.4 Å². The highest BCUT2D eigenvalue weighted by atomic mass is 16.4. The van der Waals surface area contributed by atoms with Crippen LogP contribution >= 0.6 is 0 Å². The third-order valence-electron chi connectivity index (χ3n) is 5.54. The van der Waals surface area contributed by atoms with Crippen LogP contribution in [-0.2, 0) is 40.0 Å². The van der Waals surface area contributed by atoms with Crippen LogP contribution in [0.15, 0.2) is 42.5 Å². The Morgan fingerprint density at radius 3 is 1.90 bits per heavy atom. The van der Waals surface area contributed by atoms with Crippen LogP contribution in [-0.4, -0.2) is 98.1 Å². The van der Waals surface area contributed by atoms with Crippen LogP contribution in [0.5, 0.6) is 0 Å². The lowest BCUT2D eigenvalue weighted by Crippen LogP contribution is -2.67. The van der Waals surface area contributed by atoms with Crippen molar-refractivity contribution in [1.29, 1.82) is 0 Å². The van der Waals surface area contributed by atoms with Gasteiger partial charge in [0.15, 0.2) is 0 Å². The number of amides is 4. The molecule has 0 fully saturated rings. The first-order valence-corrected chi connectivity index (χ1v) is 12.4. The molecule has 0 aliphatic rings. The van der Waals surface area contributed by atoms with Gasteiger partial charge in [0.05, 0.1) is 6.54 Å². The number of nitrogens with one attached hydrogen (secondary N) is 2. The molecule has 2 atom stereocenters. The molecule has 1 aromatic carbocycles. The summed E-state index contributed by atoms with van der Waals surface area (Å²) >= 11 is 0. The fraction of sp³-hybridized carbons (Fsp3) is 0.423. The van der Waals surface area contributed by atoms with Crippen molar-refractivity contribution in [2.24, 2.45) is 11.7 Å². The maximum atomic E-state index is 13.8. The highest BCUT2D eigenvalue weighted by Gasteiger charge is 2.46. The van der Waals surface area contributed by atoms with E-state index >= 15 is 0 Å². The first-order valence-electron chi connectivity index (χ1n) is 12.4. The van der Waals surface area contributed by atoms with Crippen LogP contribution in [0, 0.1) is 5.92 Å². The molecule has 0 saturated heterocycles. The Hall–Kier alpha value is -4.79. The van der Waals surface area contributed by atoms with E-state index in [1.807, 2.05) is 0 Å². The number of nitrogens with zero attached hydrogens (tertiary/aromatic N) is 2. The number of hydrogen-bond donors (Lipinski definition) is 6. The lowest BCUT2D eigenvalue weighted by molar-refractivity contribution is -0.187. The number of nitrogens with two attached hydrogens (primary N) is 1. The van der Waals surface area contributed by atoms with E-state index in [0.29, 0.717) is 5.56 Å². The van der Waals surface area contributed by atoms with E-state index < -0.39 is 72.8 Å². The molecule has 0 bridgehead atoms. The summed E-state index contributed by atoms with van der Waals surface area (Å²) < 4.78 is 0. The molecular weight excluding hydrogens is 542 g/mol. The van der Waals surface area contributed by atoms with Crippen molar-refractivity contribution in [1.82, 2.24) is 20.7 Å². The van der Waals surface area contributed by atoms with Gasteiger partial charge in [0.25, 0.3) is 11.8 Å². The Morgan fingerprint density at radius 1 is 0.902 bits per heavy atom. The number of hydrogen-bond acceptors (Lipinski definition) is 8. The largest absolute Gasteiger partial charge is 0.480 e. The third kappa shape index (κ3) is 10.4. The van der Waals surface area contributed by atoms with Crippen molar-refractivity contribution in [3.63, 3.8) is 0 Å². The zero-order valence-corrected chi connectivity index (χ0v) is 22.9. The predicted octanol–water partition coefficient (Wildman–Crippen LogP) is -1.03. The number of carboxylic acids is 3. The van der Waals surface area contributed by atoms with Gasteiger partial charge >= 0.3 is 17.9 Å². The van der Waals surface area contributed by atoms with Gasteiger partial charge in [0, 0.05) is 12.0 Å². The van der Waals surface area contributed by atoms with Gasteiger partial charge in [-0.15, -0.1) is 0 Å². The lowest BCUT2D eigenvalue weighted by Gasteiger charge is -2.39. The molecule has 4 amide bonds. The Balaban J connectivity index is 3.83. The summed E-state index contributed by atoms with van der Waals surface area (Å²) in [5.41, 5.74) is 5.82. The molecule has 0 aliphatic heterocycles. The molecule has 0 radical (unpaired) electrons. The Labute approximate surface area is 235 Å². The zero-order valence-electron chi connectivity index (χ0n) is 22.9. The zero-order chi connectivity index (χ0) is 31.4. The van der Waals surface area contributed by atoms with Crippen LogP contribution in [0.25, 0.3) is 0 Å². The molecule has 0 spiro atoms. The highest BCUT2D eigenvalue weighted by molar-refractivity contribution is 6.04. The summed E-state index contributed by atoms with van der Waals surface area (Å²) in [6, 6.07) is 2.12.